The molecule has 134 valence electrons. The zero-order valence-electron chi connectivity index (χ0n) is 14.8. The number of aryl methyl sites for hydroxylation is 1. The average Bonchev–Trinajstić information content (AvgIpc) is 3.01. The molecule has 0 aliphatic heterocycles. The lowest BCUT2D eigenvalue weighted by atomic mass is 10.2. The number of nitrogens with zero attached hydrogens (tertiary/aromatic N) is 4. The molecule has 2 aromatic heterocycles. The highest BCUT2D eigenvalue weighted by Gasteiger charge is 2.20. The largest absolute Gasteiger partial charge is 0.323 e. The first-order valence-electron chi connectivity index (χ1n) is 8.23. The molecule has 1 atom stereocenters. The lowest BCUT2D eigenvalue weighted by Crippen LogP contribution is -2.34. The number of nitrogens with one attached hydrogen (secondary N) is 1. The number of pyridine rings is 1. The van der Waals surface area contributed by atoms with Crippen LogP contribution >= 0.6 is 11.6 Å². The van der Waals surface area contributed by atoms with E-state index in [0.29, 0.717) is 10.8 Å². The Kier molecular flexibility index (Phi) is 5.23. The van der Waals surface area contributed by atoms with Gasteiger partial charge in [0.25, 0.3) is 0 Å². The summed E-state index contributed by atoms with van der Waals surface area (Å²) in [6, 6.07) is 12.6. The number of amides is 2. The van der Waals surface area contributed by atoms with Gasteiger partial charge in [-0.1, -0.05) is 29.8 Å². The summed E-state index contributed by atoms with van der Waals surface area (Å²) in [6.45, 7) is 3.81. The Morgan fingerprint density at radius 1 is 1.23 bits per heavy atom. The second-order valence-electron chi connectivity index (χ2n) is 6.03. The standard InChI is InChI=1S/C19H20ClN5O/c1-13-12-25(17-10-5-4-8-15(17)20)23-18(13)22-19(26)24(3)14(2)16-9-6-7-11-21-16/h4-12,14H,1-3H3,(H,22,23,26). The molecule has 3 rings (SSSR count). The van der Waals surface area contributed by atoms with E-state index < -0.39 is 0 Å². The molecule has 0 aliphatic rings. The fraction of sp³-hybridized carbons (Fsp3) is 0.211. The Labute approximate surface area is 157 Å². The van der Waals surface area contributed by atoms with Gasteiger partial charge in [0, 0.05) is 25.0 Å². The molecule has 6 nitrogen and oxygen atoms in total. The van der Waals surface area contributed by atoms with Crippen molar-refractivity contribution in [2.75, 3.05) is 12.4 Å². The number of aromatic nitrogens is 3. The maximum atomic E-state index is 12.6. The molecule has 0 aliphatic carbocycles. The van der Waals surface area contributed by atoms with Crippen LogP contribution in [0.1, 0.15) is 24.2 Å². The lowest BCUT2D eigenvalue weighted by molar-refractivity contribution is 0.207. The van der Waals surface area contributed by atoms with Crippen molar-refractivity contribution in [2.24, 2.45) is 0 Å². The number of benzene rings is 1. The molecule has 1 N–H and O–H groups in total. The van der Waals surface area contributed by atoms with Crippen molar-refractivity contribution in [3.63, 3.8) is 0 Å². The van der Waals surface area contributed by atoms with Crippen LogP contribution < -0.4 is 5.32 Å². The number of carbonyl (C=O) groups is 1. The smallest absolute Gasteiger partial charge is 0.319 e. The molecule has 0 spiro atoms. The first-order valence-corrected chi connectivity index (χ1v) is 8.61. The fourth-order valence-corrected chi connectivity index (χ4v) is 2.75. The van der Waals surface area contributed by atoms with Gasteiger partial charge in [-0.2, -0.15) is 0 Å². The van der Waals surface area contributed by atoms with E-state index in [9.17, 15) is 4.79 Å². The molecule has 2 amide bonds. The average molecular weight is 370 g/mol. The van der Waals surface area contributed by atoms with E-state index in [1.165, 1.54) is 0 Å². The number of hydrogen-bond acceptors (Lipinski definition) is 3. The van der Waals surface area contributed by atoms with Crippen LogP contribution in [0.4, 0.5) is 10.6 Å². The SMILES string of the molecule is Cc1cn(-c2ccccc2Cl)nc1NC(=O)N(C)C(C)c1ccccn1. The van der Waals surface area contributed by atoms with Gasteiger partial charge >= 0.3 is 6.03 Å². The minimum absolute atomic E-state index is 0.165. The van der Waals surface area contributed by atoms with Gasteiger partial charge in [-0.3, -0.25) is 10.3 Å². The van der Waals surface area contributed by atoms with Crippen LogP contribution in [0.5, 0.6) is 0 Å². The molecular formula is C19H20ClN5O. The topological polar surface area (TPSA) is 63.1 Å². The summed E-state index contributed by atoms with van der Waals surface area (Å²) in [5, 5.41) is 7.90. The molecule has 0 saturated carbocycles. The van der Waals surface area contributed by atoms with Crippen molar-refractivity contribution in [1.29, 1.82) is 0 Å². The summed E-state index contributed by atoms with van der Waals surface area (Å²) < 4.78 is 1.66. The Hall–Kier alpha value is -2.86. The Balaban J connectivity index is 1.77. The van der Waals surface area contributed by atoms with Crippen LogP contribution in [-0.2, 0) is 0 Å². The molecule has 1 aromatic carbocycles. The van der Waals surface area contributed by atoms with Crippen molar-refractivity contribution < 1.29 is 4.79 Å². The summed E-state index contributed by atoms with van der Waals surface area (Å²) in [4.78, 5) is 18.5. The number of hydrogen-bond donors (Lipinski definition) is 1. The Morgan fingerprint density at radius 3 is 2.65 bits per heavy atom. The number of rotatable bonds is 4. The van der Waals surface area contributed by atoms with Crippen molar-refractivity contribution in [3.8, 4) is 5.69 Å². The predicted octanol–water partition coefficient (Wildman–Crippen LogP) is 4.45. The summed E-state index contributed by atoms with van der Waals surface area (Å²) in [5.74, 6) is 0.495. The highest BCUT2D eigenvalue weighted by atomic mass is 35.5. The van der Waals surface area contributed by atoms with Gasteiger partial charge in [-0.05, 0) is 38.1 Å². The third-order valence-corrected chi connectivity index (χ3v) is 4.56. The molecular weight excluding hydrogens is 350 g/mol. The Bertz CT molecular complexity index is 909. The van der Waals surface area contributed by atoms with Gasteiger partial charge in [-0.25, -0.2) is 9.48 Å². The summed E-state index contributed by atoms with van der Waals surface area (Å²) in [6.07, 6.45) is 3.55. The molecule has 1 unspecified atom stereocenters. The normalized spacial score (nSPS) is 11.8. The molecule has 0 fully saturated rings. The van der Waals surface area contributed by atoms with Crippen LogP contribution in [0, 0.1) is 6.92 Å². The van der Waals surface area contributed by atoms with Crippen LogP contribution in [0.3, 0.4) is 0 Å². The molecule has 7 heteroatoms. The molecule has 2 heterocycles. The summed E-state index contributed by atoms with van der Waals surface area (Å²) >= 11 is 6.22. The van der Waals surface area contributed by atoms with Crippen molar-refractivity contribution in [3.05, 3.63) is 71.1 Å². The van der Waals surface area contributed by atoms with Crippen LogP contribution in [-0.4, -0.2) is 32.7 Å². The highest BCUT2D eigenvalue weighted by Crippen LogP contribution is 2.23. The second-order valence-corrected chi connectivity index (χ2v) is 6.44. The van der Waals surface area contributed by atoms with E-state index >= 15 is 0 Å². The number of urea groups is 1. The van der Waals surface area contributed by atoms with Crippen molar-refractivity contribution in [2.45, 2.75) is 19.9 Å². The molecule has 0 bridgehead atoms. The molecule has 26 heavy (non-hydrogen) atoms. The first kappa shape index (κ1) is 17.9. The molecule has 3 aromatic rings. The van der Waals surface area contributed by atoms with E-state index in [0.717, 1.165) is 16.9 Å². The molecule has 0 saturated heterocycles. The monoisotopic (exact) mass is 369 g/mol. The van der Waals surface area contributed by atoms with E-state index in [-0.39, 0.29) is 12.1 Å². The van der Waals surface area contributed by atoms with Gasteiger partial charge in [0.2, 0.25) is 0 Å². The van der Waals surface area contributed by atoms with Crippen LogP contribution in [0.25, 0.3) is 5.69 Å². The minimum Gasteiger partial charge on any atom is -0.319 e. The highest BCUT2D eigenvalue weighted by molar-refractivity contribution is 6.32. The number of carbonyl (C=O) groups excluding carboxylic acids is 1. The van der Waals surface area contributed by atoms with Gasteiger partial charge in [0.05, 0.1) is 22.4 Å². The quantitative estimate of drug-likeness (QED) is 0.738. The number of halogens is 1. The van der Waals surface area contributed by atoms with Gasteiger partial charge < -0.3 is 4.90 Å². The number of anilines is 1. The summed E-state index contributed by atoms with van der Waals surface area (Å²) in [7, 11) is 1.73. The molecule has 0 radical (unpaired) electrons. The van der Waals surface area contributed by atoms with E-state index in [1.807, 2.05) is 56.4 Å². The maximum absolute atomic E-state index is 12.6. The van der Waals surface area contributed by atoms with E-state index in [2.05, 4.69) is 15.4 Å². The third kappa shape index (κ3) is 3.70. The second kappa shape index (κ2) is 7.58. The van der Waals surface area contributed by atoms with E-state index in [1.54, 1.807) is 28.9 Å². The van der Waals surface area contributed by atoms with Crippen LogP contribution in [0.15, 0.2) is 54.9 Å². The Morgan fingerprint density at radius 2 is 1.96 bits per heavy atom. The maximum Gasteiger partial charge on any atom is 0.323 e. The zero-order chi connectivity index (χ0) is 18.7. The zero-order valence-corrected chi connectivity index (χ0v) is 15.6. The minimum atomic E-state index is -0.254. The fourth-order valence-electron chi connectivity index (χ4n) is 2.53. The lowest BCUT2D eigenvalue weighted by Gasteiger charge is -2.24. The third-order valence-electron chi connectivity index (χ3n) is 4.24. The first-order chi connectivity index (χ1) is 12.5. The van der Waals surface area contributed by atoms with Gasteiger partial charge in [-0.15, -0.1) is 5.10 Å². The summed E-state index contributed by atoms with van der Waals surface area (Å²) in [5.41, 5.74) is 2.42. The van der Waals surface area contributed by atoms with Crippen molar-refractivity contribution in [1.82, 2.24) is 19.7 Å². The van der Waals surface area contributed by atoms with Gasteiger partial charge in [0.15, 0.2) is 5.82 Å². The van der Waals surface area contributed by atoms with E-state index in [4.69, 9.17) is 11.6 Å². The number of para-hydroxylation sites is 1. The van der Waals surface area contributed by atoms with Crippen molar-refractivity contribution >= 4 is 23.4 Å². The van der Waals surface area contributed by atoms with Crippen LogP contribution in [0.2, 0.25) is 5.02 Å². The van der Waals surface area contributed by atoms with Gasteiger partial charge in [0.1, 0.15) is 0 Å². The predicted molar refractivity (Wildman–Crippen MR) is 103 cm³/mol.